The third kappa shape index (κ3) is 2.99. The van der Waals surface area contributed by atoms with Gasteiger partial charge >= 0.3 is 0 Å². The molecule has 0 radical (unpaired) electrons. The minimum Gasteiger partial charge on any atom is -0.497 e. The SMILES string of the molecule is COc1ccc(NC(=O)C2(c3ccc4c(c3)OCO4)Cc3ccccc3C2)cc1. The molecule has 1 amide bonds. The molecule has 3 aromatic rings. The van der Waals surface area contributed by atoms with Gasteiger partial charge in [-0.05, 0) is 65.9 Å². The highest BCUT2D eigenvalue weighted by molar-refractivity contribution is 6.00. The average molecular weight is 387 g/mol. The van der Waals surface area contributed by atoms with Gasteiger partial charge in [-0.25, -0.2) is 0 Å². The van der Waals surface area contributed by atoms with Crippen molar-refractivity contribution < 1.29 is 19.0 Å². The van der Waals surface area contributed by atoms with Crippen LogP contribution in [0.5, 0.6) is 17.2 Å². The molecule has 29 heavy (non-hydrogen) atoms. The van der Waals surface area contributed by atoms with E-state index in [1.54, 1.807) is 7.11 Å². The Kier molecular flexibility index (Phi) is 4.16. The second kappa shape index (κ2) is 6.85. The van der Waals surface area contributed by atoms with Crippen molar-refractivity contribution >= 4 is 11.6 Å². The molecule has 0 saturated carbocycles. The molecule has 5 nitrogen and oxygen atoms in total. The van der Waals surface area contributed by atoms with Crippen LogP contribution in [0.25, 0.3) is 0 Å². The molecule has 0 bridgehead atoms. The molecule has 146 valence electrons. The van der Waals surface area contributed by atoms with E-state index in [0.29, 0.717) is 18.6 Å². The molecule has 0 atom stereocenters. The normalized spacial score (nSPS) is 15.6. The van der Waals surface area contributed by atoms with Gasteiger partial charge in [0, 0.05) is 5.69 Å². The quantitative estimate of drug-likeness (QED) is 0.732. The van der Waals surface area contributed by atoms with E-state index in [4.69, 9.17) is 14.2 Å². The Morgan fingerprint density at radius 2 is 1.62 bits per heavy atom. The zero-order valence-corrected chi connectivity index (χ0v) is 16.1. The lowest BCUT2D eigenvalue weighted by Crippen LogP contribution is -2.41. The summed E-state index contributed by atoms with van der Waals surface area (Å²) in [6.07, 6.45) is 1.29. The highest BCUT2D eigenvalue weighted by Gasteiger charge is 2.45. The first-order valence-corrected chi connectivity index (χ1v) is 9.60. The van der Waals surface area contributed by atoms with Gasteiger partial charge in [0.25, 0.3) is 0 Å². The lowest BCUT2D eigenvalue weighted by molar-refractivity contribution is -0.121. The van der Waals surface area contributed by atoms with Gasteiger partial charge in [0.1, 0.15) is 5.75 Å². The standard InChI is InChI=1S/C24H21NO4/c1-27-20-9-7-19(8-10-20)25-23(26)24(13-16-4-2-3-5-17(16)14-24)18-6-11-21-22(12-18)29-15-28-21/h2-12H,13-15H2,1H3,(H,25,26). The summed E-state index contributed by atoms with van der Waals surface area (Å²) >= 11 is 0. The summed E-state index contributed by atoms with van der Waals surface area (Å²) in [6.45, 7) is 0.212. The summed E-state index contributed by atoms with van der Waals surface area (Å²) in [6, 6.07) is 21.5. The van der Waals surface area contributed by atoms with Gasteiger partial charge in [0.2, 0.25) is 12.7 Å². The first-order valence-electron chi connectivity index (χ1n) is 9.60. The second-order valence-corrected chi connectivity index (χ2v) is 7.46. The molecule has 0 spiro atoms. The fourth-order valence-electron chi connectivity index (χ4n) is 4.23. The van der Waals surface area contributed by atoms with Crippen molar-refractivity contribution in [3.8, 4) is 17.2 Å². The number of rotatable bonds is 4. The van der Waals surface area contributed by atoms with Crippen LogP contribution in [-0.4, -0.2) is 19.8 Å². The lowest BCUT2D eigenvalue weighted by Gasteiger charge is -2.28. The zero-order valence-electron chi connectivity index (χ0n) is 16.1. The van der Waals surface area contributed by atoms with E-state index in [-0.39, 0.29) is 12.7 Å². The minimum absolute atomic E-state index is 0.0299. The third-order valence-corrected chi connectivity index (χ3v) is 5.81. The summed E-state index contributed by atoms with van der Waals surface area (Å²) in [5.74, 6) is 2.13. The maximum Gasteiger partial charge on any atom is 0.235 e. The molecule has 0 fully saturated rings. The van der Waals surface area contributed by atoms with Crippen LogP contribution < -0.4 is 19.5 Å². The fourth-order valence-corrected chi connectivity index (χ4v) is 4.23. The molecule has 2 aliphatic rings. The molecule has 0 unspecified atom stereocenters. The Bertz CT molecular complexity index is 1050. The number of anilines is 1. The van der Waals surface area contributed by atoms with Gasteiger partial charge in [-0.2, -0.15) is 0 Å². The number of nitrogens with one attached hydrogen (secondary N) is 1. The van der Waals surface area contributed by atoms with Crippen molar-refractivity contribution in [2.75, 3.05) is 19.2 Å². The van der Waals surface area contributed by atoms with Crippen molar-refractivity contribution in [3.05, 3.63) is 83.4 Å². The van der Waals surface area contributed by atoms with E-state index in [2.05, 4.69) is 17.4 Å². The Morgan fingerprint density at radius 1 is 0.931 bits per heavy atom. The molecule has 5 heteroatoms. The number of benzene rings is 3. The van der Waals surface area contributed by atoms with Crippen molar-refractivity contribution in [3.63, 3.8) is 0 Å². The first-order chi connectivity index (χ1) is 14.2. The van der Waals surface area contributed by atoms with Gasteiger partial charge in [-0.15, -0.1) is 0 Å². The highest BCUT2D eigenvalue weighted by atomic mass is 16.7. The smallest absolute Gasteiger partial charge is 0.235 e. The molecule has 1 aliphatic carbocycles. The number of fused-ring (bicyclic) bond motifs is 2. The molecule has 5 rings (SSSR count). The number of ether oxygens (including phenoxy) is 3. The van der Waals surface area contributed by atoms with Crippen molar-refractivity contribution in [2.24, 2.45) is 0 Å². The number of carbonyl (C=O) groups is 1. The summed E-state index contributed by atoms with van der Waals surface area (Å²) < 4.78 is 16.2. The van der Waals surface area contributed by atoms with Crippen molar-refractivity contribution in [2.45, 2.75) is 18.3 Å². The van der Waals surface area contributed by atoms with E-state index in [0.717, 1.165) is 22.7 Å². The van der Waals surface area contributed by atoms with Crippen molar-refractivity contribution in [1.29, 1.82) is 0 Å². The predicted octanol–water partition coefficient (Wildman–Crippen LogP) is 4.10. The van der Waals surface area contributed by atoms with Crippen LogP contribution in [-0.2, 0) is 23.1 Å². The summed E-state index contributed by atoms with van der Waals surface area (Å²) in [7, 11) is 1.62. The zero-order chi connectivity index (χ0) is 19.8. The molecular weight excluding hydrogens is 366 g/mol. The predicted molar refractivity (Wildman–Crippen MR) is 110 cm³/mol. The maximum atomic E-state index is 13.6. The van der Waals surface area contributed by atoms with Crippen LogP contribution in [0.15, 0.2) is 66.7 Å². The molecular formula is C24H21NO4. The van der Waals surface area contributed by atoms with Gasteiger partial charge in [-0.1, -0.05) is 30.3 Å². The Morgan fingerprint density at radius 3 is 2.31 bits per heavy atom. The highest BCUT2D eigenvalue weighted by Crippen LogP contribution is 2.44. The largest absolute Gasteiger partial charge is 0.497 e. The van der Waals surface area contributed by atoms with Gasteiger partial charge in [-0.3, -0.25) is 4.79 Å². The summed E-state index contributed by atoms with van der Waals surface area (Å²) in [5, 5.41) is 3.11. The van der Waals surface area contributed by atoms with Crippen LogP contribution in [0.2, 0.25) is 0 Å². The molecule has 1 heterocycles. The number of hydrogen-bond donors (Lipinski definition) is 1. The topological polar surface area (TPSA) is 56.8 Å². The van der Waals surface area contributed by atoms with Crippen LogP contribution in [0.4, 0.5) is 5.69 Å². The van der Waals surface area contributed by atoms with E-state index in [1.165, 1.54) is 11.1 Å². The van der Waals surface area contributed by atoms with E-state index in [9.17, 15) is 4.79 Å². The average Bonchev–Trinajstić information content (AvgIpc) is 3.38. The molecule has 1 aliphatic heterocycles. The van der Waals surface area contributed by atoms with Gasteiger partial charge in [0.15, 0.2) is 11.5 Å². The van der Waals surface area contributed by atoms with Crippen LogP contribution in [0, 0.1) is 0 Å². The number of methoxy groups -OCH3 is 1. The summed E-state index contributed by atoms with van der Waals surface area (Å²) in [4.78, 5) is 13.6. The third-order valence-electron chi connectivity index (χ3n) is 5.81. The molecule has 3 aromatic carbocycles. The molecule has 1 N–H and O–H groups in total. The minimum atomic E-state index is -0.704. The van der Waals surface area contributed by atoms with Gasteiger partial charge in [0.05, 0.1) is 12.5 Å². The van der Waals surface area contributed by atoms with Crippen LogP contribution in [0.1, 0.15) is 16.7 Å². The number of carbonyl (C=O) groups excluding carboxylic acids is 1. The Hall–Kier alpha value is -3.47. The van der Waals surface area contributed by atoms with Crippen molar-refractivity contribution in [1.82, 2.24) is 0 Å². The van der Waals surface area contributed by atoms with Crippen LogP contribution >= 0.6 is 0 Å². The fraction of sp³-hybridized carbons (Fsp3) is 0.208. The maximum absolute atomic E-state index is 13.6. The second-order valence-electron chi connectivity index (χ2n) is 7.46. The first kappa shape index (κ1) is 17.6. The Balaban J connectivity index is 1.53. The molecule has 0 saturated heterocycles. The monoisotopic (exact) mass is 387 g/mol. The summed E-state index contributed by atoms with van der Waals surface area (Å²) in [5.41, 5.74) is 3.38. The Labute approximate surface area is 169 Å². The van der Waals surface area contributed by atoms with Crippen LogP contribution in [0.3, 0.4) is 0 Å². The number of amides is 1. The van der Waals surface area contributed by atoms with E-state index < -0.39 is 5.41 Å². The molecule has 0 aromatic heterocycles. The van der Waals surface area contributed by atoms with E-state index >= 15 is 0 Å². The van der Waals surface area contributed by atoms with E-state index in [1.807, 2.05) is 54.6 Å². The number of hydrogen-bond acceptors (Lipinski definition) is 4. The lowest BCUT2D eigenvalue weighted by atomic mass is 9.76. The van der Waals surface area contributed by atoms with Gasteiger partial charge < -0.3 is 19.5 Å².